The molecule has 2 aromatic rings. The highest BCUT2D eigenvalue weighted by molar-refractivity contribution is 5.89. The fourth-order valence-electron chi connectivity index (χ4n) is 3.99. The summed E-state index contributed by atoms with van der Waals surface area (Å²) >= 11 is 0. The van der Waals surface area contributed by atoms with E-state index in [9.17, 15) is 14.0 Å². The van der Waals surface area contributed by atoms with Crippen molar-refractivity contribution < 1.29 is 18.4 Å². The smallest absolute Gasteiger partial charge is 0.237 e. The predicted molar refractivity (Wildman–Crippen MR) is 106 cm³/mol. The second kappa shape index (κ2) is 8.65. The normalized spacial score (nSPS) is 20.6. The highest BCUT2D eigenvalue weighted by Crippen LogP contribution is 2.21. The van der Waals surface area contributed by atoms with Crippen LogP contribution in [0.1, 0.15) is 12.0 Å². The minimum Gasteiger partial charge on any atom is -0.472 e. The van der Waals surface area contributed by atoms with Crippen molar-refractivity contribution in [3.05, 3.63) is 54.2 Å². The number of benzene rings is 1. The second-order valence-corrected chi connectivity index (χ2v) is 7.43. The van der Waals surface area contributed by atoms with E-state index < -0.39 is 6.04 Å². The van der Waals surface area contributed by atoms with E-state index in [1.165, 1.54) is 6.07 Å². The lowest BCUT2D eigenvalue weighted by Gasteiger charge is -2.38. The van der Waals surface area contributed by atoms with Crippen LogP contribution in [-0.4, -0.2) is 66.9 Å². The van der Waals surface area contributed by atoms with Crippen molar-refractivity contribution in [3.63, 3.8) is 0 Å². The summed E-state index contributed by atoms with van der Waals surface area (Å²) in [5, 5.41) is 2.86. The van der Waals surface area contributed by atoms with Gasteiger partial charge in [0.05, 0.1) is 30.7 Å². The first kappa shape index (κ1) is 19.4. The van der Waals surface area contributed by atoms with Gasteiger partial charge in [-0.05, 0) is 18.2 Å². The number of anilines is 1. The van der Waals surface area contributed by atoms with Gasteiger partial charge in [0.1, 0.15) is 5.82 Å². The number of furan rings is 1. The van der Waals surface area contributed by atoms with Crippen LogP contribution in [-0.2, 0) is 16.1 Å². The molecular formula is C21H25FN4O3. The molecule has 0 spiro atoms. The van der Waals surface area contributed by atoms with Gasteiger partial charge in [-0.1, -0.05) is 12.1 Å². The van der Waals surface area contributed by atoms with Gasteiger partial charge in [0.2, 0.25) is 11.8 Å². The summed E-state index contributed by atoms with van der Waals surface area (Å²) in [6.45, 7) is 4.01. The molecule has 1 aromatic carbocycles. The van der Waals surface area contributed by atoms with Gasteiger partial charge in [-0.3, -0.25) is 14.5 Å². The highest BCUT2D eigenvalue weighted by Gasteiger charge is 2.34. The zero-order valence-corrected chi connectivity index (χ0v) is 16.2. The number of hydrogen-bond donors (Lipinski definition) is 1. The summed E-state index contributed by atoms with van der Waals surface area (Å²) in [5.74, 6) is -0.406. The van der Waals surface area contributed by atoms with E-state index in [-0.39, 0.29) is 24.1 Å². The molecule has 1 N–H and O–H groups in total. The summed E-state index contributed by atoms with van der Waals surface area (Å²) in [6, 6.07) is 8.06. The Labute approximate surface area is 169 Å². The number of nitrogens with one attached hydrogen (secondary N) is 1. The van der Waals surface area contributed by atoms with Gasteiger partial charge >= 0.3 is 0 Å². The third kappa shape index (κ3) is 4.42. The number of amides is 2. The summed E-state index contributed by atoms with van der Waals surface area (Å²) < 4.78 is 19.1. The maximum Gasteiger partial charge on any atom is 0.237 e. The average Bonchev–Trinajstić information content (AvgIpc) is 3.24. The first-order chi connectivity index (χ1) is 14.1. The molecule has 0 saturated carbocycles. The van der Waals surface area contributed by atoms with Crippen molar-refractivity contribution in [3.8, 4) is 0 Å². The van der Waals surface area contributed by atoms with E-state index in [0.717, 1.165) is 5.56 Å². The van der Waals surface area contributed by atoms with E-state index in [4.69, 9.17) is 4.42 Å². The molecule has 2 fully saturated rings. The quantitative estimate of drug-likeness (QED) is 0.823. The Hall–Kier alpha value is -2.87. The van der Waals surface area contributed by atoms with Crippen molar-refractivity contribution in [2.45, 2.75) is 19.0 Å². The Morgan fingerprint density at radius 3 is 2.66 bits per heavy atom. The first-order valence-corrected chi connectivity index (χ1v) is 9.92. The van der Waals surface area contributed by atoms with E-state index in [0.29, 0.717) is 51.5 Å². The zero-order chi connectivity index (χ0) is 20.2. The van der Waals surface area contributed by atoms with Crippen LogP contribution in [0.25, 0.3) is 0 Å². The van der Waals surface area contributed by atoms with Gasteiger partial charge < -0.3 is 19.5 Å². The molecule has 7 nitrogen and oxygen atoms in total. The lowest BCUT2D eigenvalue weighted by atomic mass is 10.1. The van der Waals surface area contributed by atoms with Crippen molar-refractivity contribution in [1.29, 1.82) is 0 Å². The van der Waals surface area contributed by atoms with Gasteiger partial charge in [0.15, 0.2) is 0 Å². The van der Waals surface area contributed by atoms with Crippen LogP contribution < -0.4 is 10.2 Å². The Morgan fingerprint density at radius 1 is 1.14 bits per heavy atom. The highest BCUT2D eigenvalue weighted by atomic mass is 19.1. The number of nitrogens with zero attached hydrogens (tertiary/aromatic N) is 3. The number of para-hydroxylation sites is 1. The summed E-state index contributed by atoms with van der Waals surface area (Å²) in [6.07, 6.45) is 3.41. The minimum atomic E-state index is -0.490. The van der Waals surface area contributed by atoms with Gasteiger partial charge in [0, 0.05) is 51.4 Å². The fourth-order valence-corrected chi connectivity index (χ4v) is 3.99. The zero-order valence-electron chi connectivity index (χ0n) is 16.2. The standard InChI is InChI=1S/C21H25FN4O3/c22-17-3-1-2-4-18(17)24-8-10-25(11-9-24)20(27)13-19-21(28)23-6-7-26(19)14-16-5-12-29-15-16/h1-5,12,15,19H,6-11,13-14H2,(H,23,28). The third-order valence-electron chi connectivity index (χ3n) is 5.60. The molecule has 8 heteroatoms. The molecule has 154 valence electrons. The van der Waals surface area contributed by atoms with E-state index in [1.54, 1.807) is 29.6 Å². The molecule has 1 aromatic heterocycles. The van der Waals surface area contributed by atoms with E-state index in [2.05, 4.69) is 5.32 Å². The molecule has 3 heterocycles. The molecule has 2 aliphatic rings. The lowest BCUT2D eigenvalue weighted by Crippen LogP contribution is -2.57. The first-order valence-electron chi connectivity index (χ1n) is 9.92. The van der Waals surface area contributed by atoms with Gasteiger partial charge in [0.25, 0.3) is 0 Å². The number of hydrogen-bond acceptors (Lipinski definition) is 5. The third-order valence-corrected chi connectivity index (χ3v) is 5.60. The predicted octanol–water partition coefficient (Wildman–Crippen LogP) is 1.46. The Kier molecular flexibility index (Phi) is 5.80. The van der Waals surface area contributed by atoms with Crippen LogP contribution >= 0.6 is 0 Å². The molecule has 1 atom stereocenters. The van der Waals surface area contributed by atoms with Crippen LogP contribution in [0, 0.1) is 5.82 Å². The van der Waals surface area contributed by atoms with Gasteiger partial charge in [-0.15, -0.1) is 0 Å². The Balaban J connectivity index is 1.35. The van der Waals surface area contributed by atoms with Crippen molar-refractivity contribution in [2.24, 2.45) is 0 Å². The Morgan fingerprint density at radius 2 is 1.93 bits per heavy atom. The average molecular weight is 400 g/mol. The van der Waals surface area contributed by atoms with E-state index in [1.807, 2.05) is 21.9 Å². The molecule has 0 aliphatic carbocycles. The molecule has 2 saturated heterocycles. The number of rotatable bonds is 5. The SMILES string of the molecule is O=C1NCCN(Cc2ccoc2)C1CC(=O)N1CCN(c2ccccc2F)CC1. The van der Waals surface area contributed by atoms with Crippen molar-refractivity contribution in [1.82, 2.24) is 15.1 Å². The van der Waals surface area contributed by atoms with Crippen molar-refractivity contribution >= 4 is 17.5 Å². The molecular weight excluding hydrogens is 375 g/mol. The van der Waals surface area contributed by atoms with E-state index >= 15 is 0 Å². The van der Waals surface area contributed by atoms with Gasteiger partial charge in [-0.25, -0.2) is 4.39 Å². The largest absolute Gasteiger partial charge is 0.472 e. The van der Waals surface area contributed by atoms with Crippen LogP contribution in [0.4, 0.5) is 10.1 Å². The van der Waals surface area contributed by atoms with Crippen LogP contribution in [0.3, 0.4) is 0 Å². The van der Waals surface area contributed by atoms with Crippen LogP contribution in [0.15, 0.2) is 47.3 Å². The molecule has 2 aliphatic heterocycles. The summed E-state index contributed by atoms with van der Waals surface area (Å²) in [5.41, 5.74) is 1.55. The number of carbonyl (C=O) groups is 2. The van der Waals surface area contributed by atoms with Crippen molar-refractivity contribution in [2.75, 3.05) is 44.2 Å². The molecule has 29 heavy (non-hydrogen) atoms. The van der Waals surface area contributed by atoms with Gasteiger partial charge in [-0.2, -0.15) is 0 Å². The molecule has 0 bridgehead atoms. The fraction of sp³-hybridized carbons (Fsp3) is 0.429. The van der Waals surface area contributed by atoms with Crippen LogP contribution in [0.2, 0.25) is 0 Å². The maximum atomic E-state index is 14.0. The summed E-state index contributed by atoms with van der Waals surface area (Å²) in [4.78, 5) is 31.1. The molecule has 4 rings (SSSR count). The molecule has 1 unspecified atom stereocenters. The number of piperazine rings is 2. The topological polar surface area (TPSA) is 69.0 Å². The second-order valence-electron chi connectivity index (χ2n) is 7.43. The lowest BCUT2D eigenvalue weighted by molar-refractivity contribution is -0.139. The maximum absolute atomic E-state index is 14.0. The minimum absolute atomic E-state index is 0.0440. The molecule has 0 radical (unpaired) electrons. The molecule has 2 amide bonds. The Bertz CT molecular complexity index is 849. The monoisotopic (exact) mass is 400 g/mol. The summed E-state index contributed by atoms with van der Waals surface area (Å²) in [7, 11) is 0. The number of carbonyl (C=O) groups excluding carboxylic acids is 2. The van der Waals surface area contributed by atoms with Crippen LogP contribution in [0.5, 0.6) is 0 Å². The number of halogens is 1.